The Balaban J connectivity index is 0.000000429. The standard InChI is InChI=1S/C19H17ClF2N4O2.C2HF3O2/c20-12-8-17-24-15(11-4-6-28-7-5-11)9-26(17)10-16(12)25-19(27)14-3-1-2-13(23-14)18(21)22;3-2(4,5)1(6)7/h1-3,8-11,18H,4-7H2,(H,25,27);(H,6,7). The number of fused-ring (bicyclic) bond motifs is 1. The van der Waals surface area contributed by atoms with Gasteiger partial charge in [0.1, 0.15) is 17.0 Å². The van der Waals surface area contributed by atoms with E-state index in [-0.39, 0.29) is 5.69 Å². The zero-order valence-electron chi connectivity index (χ0n) is 17.7. The molecule has 1 amide bonds. The van der Waals surface area contributed by atoms with Crippen molar-refractivity contribution < 1.29 is 41.4 Å². The van der Waals surface area contributed by atoms with E-state index in [1.165, 1.54) is 18.2 Å². The predicted octanol–water partition coefficient (Wildman–Crippen LogP) is 5.10. The van der Waals surface area contributed by atoms with Crippen molar-refractivity contribution in [1.82, 2.24) is 14.4 Å². The van der Waals surface area contributed by atoms with Crippen molar-refractivity contribution in [3.63, 3.8) is 0 Å². The van der Waals surface area contributed by atoms with E-state index in [9.17, 15) is 26.7 Å². The summed E-state index contributed by atoms with van der Waals surface area (Å²) in [4.78, 5) is 29.6. The number of carboxylic acid groups (broad SMARTS) is 1. The second-order valence-electron chi connectivity index (χ2n) is 7.36. The molecule has 0 unspecified atom stereocenters. The number of halogens is 6. The van der Waals surface area contributed by atoms with Crippen LogP contribution in [-0.2, 0) is 9.53 Å². The van der Waals surface area contributed by atoms with Crippen LogP contribution in [0.1, 0.15) is 47.1 Å². The number of carboxylic acids is 1. The average Bonchev–Trinajstić information content (AvgIpc) is 3.22. The highest BCUT2D eigenvalue weighted by molar-refractivity contribution is 6.34. The van der Waals surface area contributed by atoms with Gasteiger partial charge in [-0.15, -0.1) is 0 Å². The van der Waals surface area contributed by atoms with Gasteiger partial charge >= 0.3 is 12.1 Å². The molecule has 4 heterocycles. The first-order valence-electron chi connectivity index (χ1n) is 10.1. The van der Waals surface area contributed by atoms with E-state index in [1.807, 2.05) is 6.20 Å². The number of nitrogens with zero attached hydrogens (tertiary/aromatic N) is 3. The molecule has 1 aliphatic heterocycles. The Morgan fingerprint density at radius 1 is 1.17 bits per heavy atom. The molecule has 8 nitrogen and oxygen atoms in total. The average molecular weight is 521 g/mol. The summed E-state index contributed by atoms with van der Waals surface area (Å²) in [5.74, 6) is -3.05. The number of imidazole rings is 1. The molecule has 0 spiro atoms. The first-order valence-corrected chi connectivity index (χ1v) is 10.5. The monoisotopic (exact) mass is 520 g/mol. The molecule has 0 saturated carbocycles. The Kier molecular flexibility index (Phi) is 8.22. The fourth-order valence-corrected chi connectivity index (χ4v) is 3.39. The number of aromatic nitrogens is 3. The van der Waals surface area contributed by atoms with Gasteiger partial charge in [0.25, 0.3) is 12.3 Å². The van der Waals surface area contributed by atoms with Crippen LogP contribution in [0.3, 0.4) is 0 Å². The van der Waals surface area contributed by atoms with E-state index < -0.39 is 30.2 Å². The minimum atomic E-state index is -5.08. The molecule has 2 N–H and O–H groups in total. The van der Waals surface area contributed by atoms with Crippen molar-refractivity contribution >= 4 is 34.8 Å². The molecular weight excluding hydrogens is 503 g/mol. The molecule has 3 aromatic heterocycles. The highest BCUT2D eigenvalue weighted by atomic mass is 35.5. The minimum Gasteiger partial charge on any atom is -0.475 e. The number of aliphatic carboxylic acids is 1. The third-order valence-corrected chi connectivity index (χ3v) is 5.23. The van der Waals surface area contributed by atoms with E-state index in [2.05, 4.69) is 15.3 Å². The molecule has 0 aliphatic carbocycles. The molecule has 0 aromatic carbocycles. The lowest BCUT2D eigenvalue weighted by molar-refractivity contribution is -0.192. The zero-order valence-corrected chi connectivity index (χ0v) is 18.5. The minimum absolute atomic E-state index is 0.109. The van der Waals surface area contributed by atoms with Crippen molar-refractivity contribution in [2.75, 3.05) is 18.5 Å². The van der Waals surface area contributed by atoms with Gasteiger partial charge in [0, 0.05) is 37.6 Å². The van der Waals surface area contributed by atoms with Crippen LogP contribution in [0.25, 0.3) is 5.65 Å². The number of carbonyl (C=O) groups excluding carboxylic acids is 1. The number of hydrogen-bond donors (Lipinski definition) is 2. The molecular formula is C21H18ClF5N4O4. The molecule has 4 rings (SSSR count). The largest absolute Gasteiger partial charge is 0.490 e. The highest BCUT2D eigenvalue weighted by Crippen LogP contribution is 2.29. The summed E-state index contributed by atoms with van der Waals surface area (Å²) in [6.07, 6.45) is -2.45. The van der Waals surface area contributed by atoms with Crippen LogP contribution in [-0.4, -0.2) is 50.7 Å². The summed E-state index contributed by atoms with van der Waals surface area (Å²) in [7, 11) is 0. The number of alkyl halides is 5. The third kappa shape index (κ3) is 6.85. The molecule has 0 bridgehead atoms. The van der Waals surface area contributed by atoms with Crippen LogP contribution >= 0.6 is 11.6 Å². The lowest BCUT2D eigenvalue weighted by Crippen LogP contribution is -2.21. The van der Waals surface area contributed by atoms with Crippen LogP contribution < -0.4 is 5.32 Å². The molecule has 3 aromatic rings. The van der Waals surface area contributed by atoms with Crippen molar-refractivity contribution in [2.45, 2.75) is 31.4 Å². The van der Waals surface area contributed by atoms with Gasteiger partial charge in [-0.25, -0.2) is 23.5 Å². The van der Waals surface area contributed by atoms with E-state index in [0.29, 0.717) is 35.5 Å². The number of anilines is 1. The van der Waals surface area contributed by atoms with Crippen LogP contribution in [0.15, 0.2) is 36.7 Å². The summed E-state index contributed by atoms with van der Waals surface area (Å²) in [5.41, 5.74) is 1.41. The summed E-state index contributed by atoms with van der Waals surface area (Å²) in [6, 6.07) is 5.56. The van der Waals surface area contributed by atoms with Crippen molar-refractivity contribution in [3.05, 3.63) is 58.8 Å². The summed E-state index contributed by atoms with van der Waals surface area (Å²) in [5, 5.41) is 10.1. The third-order valence-electron chi connectivity index (χ3n) is 4.92. The lowest BCUT2D eigenvalue weighted by Gasteiger charge is -2.19. The van der Waals surface area contributed by atoms with Gasteiger partial charge in [-0.3, -0.25) is 4.79 Å². The Morgan fingerprint density at radius 2 is 1.83 bits per heavy atom. The number of pyridine rings is 2. The van der Waals surface area contributed by atoms with Gasteiger partial charge in [0.2, 0.25) is 0 Å². The van der Waals surface area contributed by atoms with E-state index >= 15 is 0 Å². The topological polar surface area (TPSA) is 106 Å². The predicted molar refractivity (Wildman–Crippen MR) is 114 cm³/mol. The van der Waals surface area contributed by atoms with Crippen LogP contribution in [0.2, 0.25) is 5.02 Å². The van der Waals surface area contributed by atoms with E-state index in [0.717, 1.165) is 18.5 Å². The molecule has 1 saturated heterocycles. The van der Waals surface area contributed by atoms with Gasteiger partial charge in [-0.05, 0) is 25.0 Å². The number of hydrogen-bond acceptors (Lipinski definition) is 5. The van der Waals surface area contributed by atoms with Crippen LogP contribution in [0.5, 0.6) is 0 Å². The van der Waals surface area contributed by atoms with E-state index in [4.69, 9.17) is 26.2 Å². The Hall–Kier alpha value is -3.32. The first-order chi connectivity index (χ1) is 16.5. The molecule has 0 atom stereocenters. The maximum atomic E-state index is 12.8. The molecule has 35 heavy (non-hydrogen) atoms. The molecule has 1 fully saturated rings. The second kappa shape index (κ2) is 11.0. The van der Waals surface area contributed by atoms with Gasteiger partial charge in [0.05, 0.1) is 16.4 Å². The number of nitrogens with one attached hydrogen (secondary N) is 1. The fraction of sp³-hybridized carbons (Fsp3) is 0.333. The first kappa shape index (κ1) is 26.3. The molecule has 14 heteroatoms. The maximum Gasteiger partial charge on any atom is 0.490 e. The molecule has 188 valence electrons. The Morgan fingerprint density at radius 3 is 2.43 bits per heavy atom. The lowest BCUT2D eigenvalue weighted by atomic mass is 9.97. The van der Waals surface area contributed by atoms with Crippen LogP contribution in [0, 0.1) is 0 Å². The molecule has 1 aliphatic rings. The van der Waals surface area contributed by atoms with Gasteiger partial charge in [0.15, 0.2) is 0 Å². The van der Waals surface area contributed by atoms with Crippen molar-refractivity contribution in [3.8, 4) is 0 Å². The quantitative estimate of drug-likeness (QED) is 0.464. The Bertz CT molecular complexity index is 1210. The second-order valence-corrected chi connectivity index (χ2v) is 7.77. The van der Waals surface area contributed by atoms with Gasteiger partial charge in [-0.1, -0.05) is 17.7 Å². The zero-order chi connectivity index (χ0) is 25.8. The number of ether oxygens (including phenoxy) is 1. The normalized spacial score (nSPS) is 14.5. The maximum absolute atomic E-state index is 12.8. The Labute approximate surface area is 199 Å². The van der Waals surface area contributed by atoms with Crippen molar-refractivity contribution in [1.29, 1.82) is 0 Å². The fourth-order valence-electron chi connectivity index (χ4n) is 3.20. The smallest absolute Gasteiger partial charge is 0.475 e. The number of carbonyl (C=O) groups is 2. The number of rotatable bonds is 4. The van der Waals surface area contributed by atoms with Gasteiger partial charge < -0.3 is 19.6 Å². The SMILES string of the molecule is O=C(Nc1cn2cc(C3CCOCC3)nc2cc1Cl)c1cccc(C(F)F)n1.O=C(O)C(F)(F)F. The van der Waals surface area contributed by atoms with E-state index in [1.54, 1.807) is 16.7 Å². The highest BCUT2D eigenvalue weighted by Gasteiger charge is 2.38. The molecule has 0 radical (unpaired) electrons. The number of amides is 1. The van der Waals surface area contributed by atoms with Crippen LogP contribution in [0.4, 0.5) is 27.6 Å². The summed E-state index contributed by atoms with van der Waals surface area (Å²) >= 11 is 6.28. The van der Waals surface area contributed by atoms with Crippen molar-refractivity contribution in [2.24, 2.45) is 0 Å². The summed E-state index contributed by atoms with van der Waals surface area (Å²) in [6.45, 7) is 1.43. The van der Waals surface area contributed by atoms with Gasteiger partial charge in [-0.2, -0.15) is 13.2 Å². The summed E-state index contributed by atoms with van der Waals surface area (Å²) < 4.78 is 64.5.